The van der Waals surface area contributed by atoms with Gasteiger partial charge < -0.3 is 9.15 Å². The van der Waals surface area contributed by atoms with Gasteiger partial charge >= 0.3 is 5.63 Å². The summed E-state index contributed by atoms with van der Waals surface area (Å²) >= 11 is 1.64. The second-order valence-corrected chi connectivity index (χ2v) is 9.35. The van der Waals surface area contributed by atoms with Crippen LogP contribution in [0.25, 0.3) is 32.6 Å². The molecule has 170 valence electrons. The molecule has 0 saturated carbocycles. The Labute approximate surface area is 200 Å². The van der Waals surface area contributed by atoms with Crippen LogP contribution in [0.15, 0.2) is 81.0 Å². The van der Waals surface area contributed by atoms with Crippen molar-refractivity contribution in [2.75, 3.05) is 26.3 Å². The SMILES string of the molecule is O=c1cc(CSc2nc(CN3CCOCC3)nc3ccccc23)c2c(ccc3ccccc32)o1. The number of nitrogens with zero attached hydrogens (tertiary/aromatic N) is 3. The predicted molar refractivity (Wildman–Crippen MR) is 135 cm³/mol. The summed E-state index contributed by atoms with van der Waals surface area (Å²) in [6.45, 7) is 3.96. The number of fused-ring (bicyclic) bond motifs is 4. The lowest BCUT2D eigenvalue weighted by atomic mass is 10.0. The number of rotatable bonds is 5. The second kappa shape index (κ2) is 9.18. The largest absolute Gasteiger partial charge is 0.423 e. The molecule has 0 amide bonds. The van der Waals surface area contributed by atoms with E-state index in [1.165, 1.54) is 0 Å². The van der Waals surface area contributed by atoms with Crippen LogP contribution in [0.1, 0.15) is 11.4 Å². The molecule has 0 bridgehead atoms. The summed E-state index contributed by atoms with van der Waals surface area (Å²) < 4.78 is 11.0. The van der Waals surface area contributed by atoms with Crippen LogP contribution in [0.5, 0.6) is 0 Å². The van der Waals surface area contributed by atoms with Crippen molar-refractivity contribution in [1.29, 1.82) is 0 Å². The van der Waals surface area contributed by atoms with Crippen molar-refractivity contribution in [2.24, 2.45) is 0 Å². The number of para-hydroxylation sites is 1. The first-order valence-electron chi connectivity index (χ1n) is 11.4. The quantitative estimate of drug-likeness (QED) is 0.155. The zero-order chi connectivity index (χ0) is 22.9. The Kier molecular flexibility index (Phi) is 5.74. The first-order chi connectivity index (χ1) is 16.7. The molecule has 1 aliphatic rings. The molecule has 1 saturated heterocycles. The molecule has 5 aromatic rings. The Hall–Kier alpha value is -3.26. The van der Waals surface area contributed by atoms with E-state index in [9.17, 15) is 4.79 Å². The first-order valence-corrected chi connectivity index (χ1v) is 12.4. The van der Waals surface area contributed by atoms with Crippen molar-refractivity contribution in [1.82, 2.24) is 14.9 Å². The van der Waals surface area contributed by atoms with Crippen LogP contribution >= 0.6 is 11.8 Å². The Morgan fingerprint density at radius 1 is 0.912 bits per heavy atom. The highest BCUT2D eigenvalue weighted by atomic mass is 32.2. The third-order valence-corrected chi connectivity index (χ3v) is 7.20. The number of benzene rings is 3. The Morgan fingerprint density at radius 2 is 1.71 bits per heavy atom. The zero-order valence-electron chi connectivity index (χ0n) is 18.6. The number of aromatic nitrogens is 2. The van der Waals surface area contributed by atoms with Gasteiger partial charge in [0.25, 0.3) is 0 Å². The van der Waals surface area contributed by atoms with E-state index in [1.54, 1.807) is 17.8 Å². The van der Waals surface area contributed by atoms with Crippen molar-refractivity contribution < 1.29 is 9.15 Å². The van der Waals surface area contributed by atoms with Gasteiger partial charge in [-0.15, -0.1) is 11.8 Å². The second-order valence-electron chi connectivity index (χ2n) is 8.39. The smallest absolute Gasteiger partial charge is 0.336 e. The van der Waals surface area contributed by atoms with Gasteiger partial charge in [0, 0.05) is 35.7 Å². The Bertz CT molecular complexity index is 1560. The van der Waals surface area contributed by atoms with Gasteiger partial charge in [-0.3, -0.25) is 4.90 Å². The fraction of sp³-hybridized carbons (Fsp3) is 0.222. The maximum atomic E-state index is 12.3. The van der Waals surface area contributed by atoms with E-state index in [2.05, 4.69) is 23.1 Å². The highest BCUT2D eigenvalue weighted by Gasteiger charge is 2.16. The van der Waals surface area contributed by atoms with Crippen molar-refractivity contribution in [3.63, 3.8) is 0 Å². The van der Waals surface area contributed by atoms with E-state index in [4.69, 9.17) is 19.1 Å². The first kappa shape index (κ1) is 21.3. The molecular formula is C27H23N3O3S. The minimum absolute atomic E-state index is 0.334. The van der Waals surface area contributed by atoms with Crippen molar-refractivity contribution in [3.8, 4) is 0 Å². The van der Waals surface area contributed by atoms with Gasteiger partial charge in [0.2, 0.25) is 0 Å². The maximum absolute atomic E-state index is 12.3. The maximum Gasteiger partial charge on any atom is 0.336 e. The van der Waals surface area contributed by atoms with Crippen LogP contribution in [0.4, 0.5) is 0 Å². The van der Waals surface area contributed by atoms with Gasteiger partial charge in [-0.1, -0.05) is 48.5 Å². The van der Waals surface area contributed by atoms with E-state index in [0.29, 0.717) is 17.9 Å². The van der Waals surface area contributed by atoms with Gasteiger partial charge in [0.15, 0.2) is 0 Å². The molecule has 1 aliphatic heterocycles. The normalized spacial score (nSPS) is 14.8. The van der Waals surface area contributed by atoms with Gasteiger partial charge in [0.1, 0.15) is 16.4 Å². The number of hydrogen-bond donors (Lipinski definition) is 0. The van der Waals surface area contributed by atoms with Gasteiger partial charge in [-0.25, -0.2) is 14.8 Å². The molecular weight excluding hydrogens is 446 g/mol. The van der Waals surface area contributed by atoms with Gasteiger partial charge in [0.05, 0.1) is 25.3 Å². The van der Waals surface area contributed by atoms with E-state index in [-0.39, 0.29) is 5.63 Å². The minimum Gasteiger partial charge on any atom is -0.423 e. The number of ether oxygens (including phenoxy) is 1. The molecule has 0 N–H and O–H groups in total. The number of hydrogen-bond acceptors (Lipinski definition) is 7. The van der Waals surface area contributed by atoms with Gasteiger partial charge in [-0.2, -0.15) is 0 Å². The third kappa shape index (κ3) is 4.18. The topological polar surface area (TPSA) is 68.5 Å². The Morgan fingerprint density at radius 3 is 2.59 bits per heavy atom. The van der Waals surface area contributed by atoms with Crippen LogP contribution < -0.4 is 5.63 Å². The van der Waals surface area contributed by atoms with E-state index >= 15 is 0 Å². The monoisotopic (exact) mass is 469 g/mol. The minimum atomic E-state index is -0.334. The average molecular weight is 470 g/mol. The number of thioether (sulfide) groups is 1. The molecule has 1 fully saturated rings. The van der Waals surface area contributed by atoms with E-state index in [1.807, 2.05) is 42.5 Å². The molecule has 0 unspecified atom stereocenters. The molecule has 7 heteroatoms. The molecule has 6 nitrogen and oxygen atoms in total. The number of morpholine rings is 1. The van der Waals surface area contributed by atoms with Crippen molar-refractivity contribution in [3.05, 3.63) is 88.5 Å². The third-order valence-electron chi connectivity index (χ3n) is 6.16. The fourth-order valence-corrected chi connectivity index (χ4v) is 5.53. The highest BCUT2D eigenvalue weighted by Crippen LogP contribution is 2.33. The molecule has 0 radical (unpaired) electrons. The van der Waals surface area contributed by atoms with Crippen LogP contribution in [0.3, 0.4) is 0 Å². The van der Waals surface area contributed by atoms with Crippen molar-refractivity contribution >= 4 is 44.4 Å². The lowest BCUT2D eigenvalue weighted by Gasteiger charge is -2.25. The molecule has 6 rings (SSSR count). The summed E-state index contributed by atoms with van der Waals surface area (Å²) in [5.74, 6) is 1.42. The predicted octanol–water partition coefficient (Wildman–Crippen LogP) is 5.01. The van der Waals surface area contributed by atoms with Crippen molar-refractivity contribution in [2.45, 2.75) is 17.3 Å². The molecule has 2 aromatic heterocycles. The summed E-state index contributed by atoms with van der Waals surface area (Å²) in [6, 6.07) is 21.8. The summed E-state index contributed by atoms with van der Waals surface area (Å²) in [4.78, 5) is 24.4. The molecule has 0 aliphatic carbocycles. The highest BCUT2D eigenvalue weighted by molar-refractivity contribution is 7.98. The van der Waals surface area contributed by atoms with Crippen LogP contribution in [-0.2, 0) is 17.0 Å². The summed E-state index contributed by atoms with van der Waals surface area (Å²) in [5.41, 5.74) is 2.16. The average Bonchev–Trinajstić information content (AvgIpc) is 2.87. The lowest BCUT2D eigenvalue weighted by Crippen LogP contribution is -2.36. The fourth-order valence-electron chi connectivity index (χ4n) is 4.51. The van der Waals surface area contributed by atoms with Gasteiger partial charge in [-0.05, 0) is 28.5 Å². The summed E-state index contributed by atoms with van der Waals surface area (Å²) in [7, 11) is 0. The molecule has 3 aromatic carbocycles. The van der Waals surface area contributed by atoms with Crippen LogP contribution in [0.2, 0.25) is 0 Å². The molecule has 0 atom stereocenters. The summed E-state index contributed by atoms with van der Waals surface area (Å²) in [6.07, 6.45) is 0. The standard InChI is InChI=1S/C27H23N3O3S/c31-25-15-19(26-20-6-2-1-5-18(20)9-10-23(26)33-25)17-34-27-21-7-3-4-8-22(21)28-24(29-27)16-30-11-13-32-14-12-30/h1-10,15H,11-14,16-17H2. The molecule has 0 spiro atoms. The zero-order valence-corrected chi connectivity index (χ0v) is 19.4. The van der Waals surface area contributed by atoms with Crippen LogP contribution in [-0.4, -0.2) is 41.2 Å². The lowest BCUT2D eigenvalue weighted by molar-refractivity contribution is 0.0330. The Balaban J connectivity index is 1.39. The van der Waals surface area contributed by atoms with E-state index < -0.39 is 0 Å². The van der Waals surface area contributed by atoms with E-state index in [0.717, 1.165) is 69.8 Å². The summed E-state index contributed by atoms with van der Waals surface area (Å²) in [5, 5.41) is 5.14. The molecule has 34 heavy (non-hydrogen) atoms. The molecule has 3 heterocycles. The van der Waals surface area contributed by atoms with Crippen LogP contribution in [0, 0.1) is 0 Å².